The number of rotatable bonds is 3. The molecule has 1 atom stereocenters. The van der Waals surface area contributed by atoms with Gasteiger partial charge in [-0.25, -0.2) is 4.98 Å². The van der Waals surface area contributed by atoms with Crippen LogP contribution >= 0.6 is 11.6 Å². The van der Waals surface area contributed by atoms with Gasteiger partial charge in [0.15, 0.2) is 0 Å². The molecular weight excluding hydrogens is 296 g/mol. The molecule has 1 aromatic carbocycles. The van der Waals surface area contributed by atoms with Gasteiger partial charge >= 0.3 is 0 Å². The van der Waals surface area contributed by atoms with Crippen molar-refractivity contribution in [1.29, 1.82) is 0 Å². The van der Waals surface area contributed by atoms with Crippen LogP contribution in [0.25, 0.3) is 0 Å². The minimum Gasteiger partial charge on any atom is -0.351 e. The zero-order valence-electron chi connectivity index (χ0n) is 12.6. The lowest BCUT2D eigenvalue weighted by Crippen LogP contribution is -2.30. The second-order valence-corrected chi connectivity index (χ2v) is 6.15. The number of benzene rings is 1. The van der Waals surface area contributed by atoms with Crippen molar-refractivity contribution in [2.45, 2.75) is 32.1 Å². The quantitative estimate of drug-likeness (QED) is 0.873. The summed E-state index contributed by atoms with van der Waals surface area (Å²) in [5.41, 5.74) is 4.04. The molecule has 0 spiro atoms. The van der Waals surface area contributed by atoms with Gasteiger partial charge in [0.2, 0.25) is 0 Å². The molecule has 0 radical (unpaired) electrons. The molecule has 3 rings (SSSR count). The lowest BCUT2D eigenvalue weighted by Gasteiger charge is -2.25. The average molecular weight is 315 g/mol. The molecule has 1 aliphatic carbocycles. The number of hydrogen-bond donors (Lipinski definition) is 1. The number of nitrogens with one attached hydrogen (secondary N) is 1. The Morgan fingerprint density at radius 2 is 2.14 bits per heavy atom. The Morgan fingerprint density at radius 1 is 1.32 bits per heavy atom. The molecule has 1 aromatic heterocycles. The first-order valence-electron chi connectivity index (χ1n) is 7.64. The maximum Gasteiger partial charge on any atom is 0.253 e. The van der Waals surface area contributed by atoms with Crippen molar-refractivity contribution in [3.63, 3.8) is 0 Å². The average Bonchev–Trinajstić information content (AvgIpc) is 2.52. The van der Waals surface area contributed by atoms with Gasteiger partial charge in [-0.05, 0) is 49.4 Å². The fourth-order valence-corrected chi connectivity index (χ4v) is 3.34. The Labute approximate surface area is 135 Å². The van der Waals surface area contributed by atoms with Gasteiger partial charge in [-0.1, -0.05) is 35.9 Å². The summed E-state index contributed by atoms with van der Waals surface area (Å²) in [6.07, 6.45) is 3.44. The smallest absolute Gasteiger partial charge is 0.253 e. The van der Waals surface area contributed by atoms with Gasteiger partial charge in [0.05, 0.1) is 11.3 Å². The van der Waals surface area contributed by atoms with Gasteiger partial charge in [0.25, 0.3) is 5.91 Å². The van der Waals surface area contributed by atoms with Gasteiger partial charge in [-0.2, -0.15) is 0 Å². The number of halogens is 1. The van der Waals surface area contributed by atoms with E-state index < -0.39 is 0 Å². The van der Waals surface area contributed by atoms with Crippen LogP contribution in [0.15, 0.2) is 36.4 Å². The minimum absolute atomic E-state index is 0.0790. The number of aromatic nitrogens is 1. The van der Waals surface area contributed by atoms with Crippen LogP contribution in [0.5, 0.6) is 0 Å². The van der Waals surface area contributed by atoms with E-state index in [0.717, 1.165) is 12.8 Å². The number of carbonyl (C=O) groups excluding carboxylic acids is 1. The van der Waals surface area contributed by atoms with E-state index in [2.05, 4.69) is 34.6 Å². The molecule has 2 aromatic rings. The van der Waals surface area contributed by atoms with E-state index in [-0.39, 0.29) is 5.91 Å². The molecule has 4 heteroatoms. The van der Waals surface area contributed by atoms with Crippen LogP contribution in [0.4, 0.5) is 0 Å². The molecule has 1 heterocycles. The summed E-state index contributed by atoms with van der Waals surface area (Å²) in [5.74, 6) is 0.319. The van der Waals surface area contributed by atoms with Crippen LogP contribution < -0.4 is 5.32 Å². The van der Waals surface area contributed by atoms with Crippen LogP contribution in [0.1, 0.15) is 45.9 Å². The number of amides is 1. The normalized spacial score (nSPS) is 16.9. The third-order valence-corrected chi connectivity index (χ3v) is 4.51. The summed E-state index contributed by atoms with van der Waals surface area (Å²) < 4.78 is 0. The Morgan fingerprint density at radius 3 is 2.95 bits per heavy atom. The minimum atomic E-state index is -0.0790. The summed E-state index contributed by atoms with van der Waals surface area (Å²) in [5, 5.41) is 3.46. The van der Waals surface area contributed by atoms with E-state index >= 15 is 0 Å². The summed E-state index contributed by atoms with van der Waals surface area (Å²) >= 11 is 5.83. The van der Waals surface area contributed by atoms with Gasteiger partial charge in [0.1, 0.15) is 5.15 Å². The largest absolute Gasteiger partial charge is 0.351 e. The molecule has 0 aliphatic heterocycles. The summed E-state index contributed by atoms with van der Waals surface area (Å²) in [7, 11) is 0. The van der Waals surface area contributed by atoms with E-state index in [4.69, 9.17) is 11.6 Å². The van der Waals surface area contributed by atoms with Crippen LogP contribution in [0, 0.1) is 6.92 Å². The maximum atomic E-state index is 12.3. The highest BCUT2D eigenvalue weighted by molar-refractivity contribution is 6.29. The summed E-state index contributed by atoms with van der Waals surface area (Å²) in [6, 6.07) is 11.9. The second kappa shape index (κ2) is 6.49. The van der Waals surface area contributed by atoms with Crippen molar-refractivity contribution < 1.29 is 4.79 Å². The third kappa shape index (κ3) is 3.14. The monoisotopic (exact) mass is 314 g/mol. The molecule has 0 bridgehead atoms. The lowest BCUT2D eigenvalue weighted by atomic mass is 9.83. The van der Waals surface area contributed by atoms with Crippen molar-refractivity contribution in [2.75, 3.05) is 6.54 Å². The number of hydrogen-bond acceptors (Lipinski definition) is 2. The van der Waals surface area contributed by atoms with Gasteiger partial charge < -0.3 is 5.32 Å². The van der Waals surface area contributed by atoms with E-state index in [1.54, 1.807) is 19.1 Å². The standard InChI is InChI=1S/C18H19ClN2O/c1-12-15(9-10-17(19)21-12)18(22)20-11-14-7-4-6-13-5-2-3-8-16(13)14/h2-3,5,8-10,14H,4,6-7,11H2,1H3,(H,20,22). The molecule has 1 amide bonds. The SMILES string of the molecule is Cc1nc(Cl)ccc1C(=O)NCC1CCCc2ccccc21. The lowest BCUT2D eigenvalue weighted by molar-refractivity contribution is 0.0949. The van der Waals surface area contributed by atoms with Crippen LogP contribution in [-0.2, 0) is 6.42 Å². The Hall–Kier alpha value is -1.87. The van der Waals surface area contributed by atoms with Gasteiger partial charge in [0, 0.05) is 12.5 Å². The predicted octanol–water partition coefficient (Wildman–Crippen LogP) is 3.89. The molecule has 114 valence electrons. The Balaban J connectivity index is 1.69. The molecule has 1 N–H and O–H groups in total. The molecule has 0 saturated heterocycles. The predicted molar refractivity (Wildman–Crippen MR) is 88.4 cm³/mol. The summed E-state index contributed by atoms with van der Waals surface area (Å²) in [6.45, 7) is 2.47. The molecule has 22 heavy (non-hydrogen) atoms. The first-order valence-corrected chi connectivity index (χ1v) is 8.02. The number of fused-ring (bicyclic) bond motifs is 1. The molecular formula is C18H19ClN2O. The molecule has 1 aliphatic rings. The highest BCUT2D eigenvalue weighted by atomic mass is 35.5. The number of aryl methyl sites for hydroxylation is 2. The van der Waals surface area contributed by atoms with Crippen LogP contribution in [0.3, 0.4) is 0 Å². The van der Waals surface area contributed by atoms with Crippen LogP contribution in [0.2, 0.25) is 5.15 Å². The van der Waals surface area contributed by atoms with Crippen molar-refractivity contribution in [1.82, 2.24) is 10.3 Å². The number of pyridine rings is 1. The Bertz CT molecular complexity index is 699. The highest BCUT2D eigenvalue weighted by Gasteiger charge is 2.20. The fourth-order valence-electron chi connectivity index (χ4n) is 3.15. The first-order chi connectivity index (χ1) is 10.6. The van der Waals surface area contributed by atoms with Crippen LogP contribution in [-0.4, -0.2) is 17.4 Å². The van der Waals surface area contributed by atoms with Crippen molar-refractivity contribution in [2.24, 2.45) is 0 Å². The maximum absolute atomic E-state index is 12.3. The molecule has 1 unspecified atom stereocenters. The zero-order valence-corrected chi connectivity index (χ0v) is 13.4. The first kappa shape index (κ1) is 15.0. The van der Waals surface area contributed by atoms with E-state index in [0.29, 0.717) is 28.9 Å². The molecule has 0 fully saturated rings. The number of nitrogens with zero attached hydrogens (tertiary/aromatic N) is 1. The zero-order chi connectivity index (χ0) is 15.5. The highest BCUT2D eigenvalue weighted by Crippen LogP contribution is 2.30. The van der Waals surface area contributed by atoms with Crippen molar-refractivity contribution in [3.05, 3.63) is 63.9 Å². The number of carbonyl (C=O) groups is 1. The second-order valence-electron chi connectivity index (χ2n) is 5.76. The van der Waals surface area contributed by atoms with Gasteiger partial charge in [-0.15, -0.1) is 0 Å². The molecule has 3 nitrogen and oxygen atoms in total. The summed E-state index contributed by atoms with van der Waals surface area (Å²) in [4.78, 5) is 16.5. The van der Waals surface area contributed by atoms with Crippen molar-refractivity contribution in [3.8, 4) is 0 Å². The van der Waals surface area contributed by atoms with E-state index in [1.165, 1.54) is 17.5 Å². The topological polar surface area (TPSA) is 42.0 Å². The fraction of sp³-hybridized carbons (Fsp3) is 0.333. The van der Waals surface area contributed by atoms with Crippen molar-refractivity contribution >= 4 is 17.5 Å². The van der Waals surface area contributed by atoms with E-state index in [9.17, 15) is 4.79 Å². The van der Waals surface area contributed by atoms with Gasteiger partial charge in [-0.3, -0.25) is 4.79 Å². The third-order valence-electron chi connectivity index (χ3n) is 4.30. The molecule has 0 saturated carbocycles. The Kier molecular flexibility index (Phi) is 4.44. The van der Waals surface area contributed by atoms with E-state index in [1.807, 2.05) is 0 Å².